The van der Waals surface area contributed by atoms with E-state index in [0.717, 1.165) is 10.0 Å². The number of nitrogens with one attached hydrogen (secondary N) is 1. The first-order chi connectivity index (χ1) is 9.02. The van der Waals surface area contributed by atoms with Gasteiger partial charge in [-0.05, 0) is 23.8 Å². The molecule has 1 atom stereocenters. The summed E-state index contributed by atoms with van der Waals surface area (Å²) in [4.78, 5) is 22.1. The molecule has 0 aromatic heterocycles. The van der Waals surface area contributed by atoms with Gasteiger partial charge in [-0.3, -0.25) is 4.79 Å². The summed E-state index contributed by atoms with van der Waals surface area (Å²) < 4.78 is 5.61. The van der Waals surface area contributed by atoms with Crippen LogP contribution in [0.3, 0.4) is 0 Å². The van der Waals surface area contributed by atoms with E-state index in [1.807, 2.05) is 24.3 Å². The third-order valence-electron chi connectivity index (χ3n) is 2.30. The van der Waals surface area contributed by atoms with Crippen LogP contribution >= 0.6 is 15.9 Å². The maximum atomic E-state index is 11.5. The molecule has 0 radical (unpaired) electrons. The summed E-state index contributed by atoms with van der Waals surface area (Å²) >= 11 is 3.33. The SMILES string of the molecule is COC(CNC(=O)/C=C/c1cccc(Br)c1)C(=O)O. The van der Waals surface area contributed by atoms with Gasteiger partial charge in [-0.1, -0.05) is 28.1 Å². The number of rotatable bonds is 6. The third-order valence-corrected chi connectivity index (χ3v) is 2.79. The molecule has 0 saturated carbocycles. The lowest BCUT2D eigenvalue weighted by molar-refractivity contribution is -0.148. The predicted octanol–water partition coefficient (Wildman–Crippen LogP) is 1.68. The Morgan fingerprint density at radius 2 is 2.26 bits per heavy atom. The number of carboxylic acids is 1. The number of hydrogen-bond acceptors (Lipinski definition) is 3. The minimum atomic E-state index is -1.11. The Kier molecular flexibility index (Phi) is 6.24. The maximum Gasteiger partial charge on any atom is 0.334 e. The highest BCUT2D eigenvalue weighted by atomic mass is 79.9. The Balaban J connectivity index is 2.49. The molecule has 1 rings (SSSR count). The maximum absolute atomic E-state index is 11.5. The van der Waals surface area contributed by atoms with Crippen molar-refractivity contribution in [2.45, 2.75) is 6.10 Å². The average Bonchev–Trinajstić information content (AvgIpc) is 2.37. The van der Waals surface area contributed by atoms with Crippen molar-refractivity contribution in [2.24, 2.45) is 0 Å². The first-order valence-electron chi connectivity index (χ1n) is 5.50. The molecule has 0 fully saturated rings. The Hall–Kier alpha value is -1.66. The van der Waals surface area contributed by atoms with Crippen LogP contribution in [0.1, 0.15) is 5.56 Å². The number of carbonyl (C=O) groups is 2. The molecule has 19 heavy (non-hydrogen) atoms. The standard InChI is InChI=1S/C13H14BrNO4/c1-19-11(13(17)18)8-15-12(16)6-5-9-3-2-4-10(14)7-9/h2-7,11H,8H2,1H3,(H,15,16)(H,17,18)/b6-5+. The summed E-state index contributed by atoms with van der Waals surface area (Å²) in [6, 6.07) is 7.45. The Labute approximate surface area is 119 Å². The topological polar surface area (TPSA) is 75.6 Å². The van der Waals surface area contributed by atoms with E-state index < -0.39 is 12.1 Å². The van der Waals surface area contributed by atoms with Crippen LogP contribution in [0.5, 0.6) is 0 Å². The van der Waals surface area contributed by atoms with Crippen LogP contribution in [-0.2, 0) is 14.3 Å². The van der Waals surface area contributed by atoms with Crippen LogP contribution in [0.15, 0.2) is 34.8 Å². The molecule has 0 spiro atoms. The molecule has 1 amide bonds. The van der Waals surface area contributed by atoms with Gasteiger partial charge < -0.3 is 15.2 Å². The highest BCUT2D eigenvalue weighted by Gasteiger charge is 2.16. The highest BCUT2D eigenvalue weighted by Crippen LogP contribution is 2.12. The first-order valence-corrected chi connectivity index (χ1v) is 6.29. The van der Waals surface area contributed by atoms with Gasteiger partial charge in [0.15, 0.2) is 6.10 Å². The van der Waals surface area contributed by atoms with E-state index in [1.165, 1.54) is 13.2 Å². The number of amides is 1. The van der Waals surface area contributed by atoms with Gasteiger partial charge in [-0.25, -0.2) is 4.79 Å². The minimum absolute atomic E-state index is 0.0759. The molecular weight excluding hydrogens is 314 g/mol. The van der Waals surface area contributed by atoms with Gasteiger partial charge in [-0.15, -0.1) is 0 Å². The number of benzene rings is 1. The van der Waals surface area contributed by atoms with Crippen LogP contribution < -0.4 is 5.32 Å². The van der Waals surface area contributed by atoms with Crippen molar-refractivity contribution in [1.29, 1.82) is 0 Å². The number of carbonyl (C=O) groups excluding carboxylic acids is 1. The summed E-state index contributed by atoms with van der Waals surface area (Å²) in [5, 5.41) is 11.2. The van der Waals surface area contributed by atoms with Crippen molar-refractivity contribution < 1.29 is 19.4 Å². The number of methoxy groups -OCH3 is 1. The highest BCUT2D eigenvalue weighted by molar-refractivity contribution is 9.10. The summed E-state index contributed by atoms with van der Waals surface area (Å²) in [6.07, 6.45) is 1.95. The average molecular weight is 328 g/mol. The van der Waals surface area contributed by atoms with Crippen LogP contribution in [0.25, 0.3) is 6.08 Å². The van der Waals surface area contributed by atoms with E-state index in [0.29, 0.717) is 0 Å². The van der Waals surface area contributed by atoms with Crippen molar-refractivity contribution in [1.82, 2.24) is 5.32 Å². The molecule has 5 nitrogen and oxygen atoms in total. The monoisotopic (exact) mass is 327 g/mol. The van der Waals surface area contributed by atoms with Crippen LogP contribution in [0.2, 0.25) is 0 Å². The van der Waals surface area contributed by atoms with Crippen LogP contribution in [0, 0.1) is 0 Å². The Bertz CT molecular complexity index is 487. The lowest BCUT2D eigenvalue weighted by Gasteiger charge is -2.09. The van der Waals surface area contributed by atoms with Gasteiger partial charge in [0.2, 0.25) is 5.91 Å². The molecule has 0 aliphatic heterocycles. The smallest absolute Gasteiger partial charge is 0.334 e. The van der Waals surface area contributed by atoms with Crippen molar-refractivity contribution in [2.75, 3.05) is 13.7 Å². The zero-order chi connectivity index (χ0) is 14.3. The first kappa shape index (κ1) is 15.4. The molecule has 0 saturated heterocycles. The molecule has 1 aromatic rings. The molecule has 6 heteroatoms. The van der Waals surface area contributed by atoms with Gasteiger partial charge in [-0.2, -0.15) is 0 Å². The Morgan fingerprint density at radius 1 is 1.53 bits per heavy atom. The quantitative estimate of drug-likeness (QED) is 0.779. The third kappa shape index (κ3) is 5.67. The fraction of sp³-hybridized carbons (Fsp3) is 0.231. The van der Waals surface area contributed by atoms with Gasteiger partial charge >= 0.3 is 5.97 Å². The Morgan fingerprint density at radius 3 is 2.84 bits per heavy atom. The van der Waals surface area contributed by atoms with E-state index in [-0.39, 0.29) is 12.5 Å². The van der Waals surface area contributed by atoms with E-state index in [4.69, 9.17) is 9.84 Å². The van der Waals surface area contributed by atoms with Crippen molar-refractivity contribution in [3.05, 3.63) is 40.4 Å². The second kappa shape index (κ2) is 7.70. The van der Waals surface area contributed by atoms with Crippen molar-refractivity contribution in [3.8, 4) is 0 Å². The zero-order valence-corrected chi connectivity index (χ0v) is 11.9. The molecule has 0 aliphatic rings. The number of aliphatic carboxylic acids is 1. The molecular formula is C13H14BrNO4. The summed E-state index contributed by atoms with van der Waals surface area (Å²) in [5.74, 6) is -1.48. The summed E-state index contributed by atoms with van der Waals surface area (Å²) in [7, 11) is 1.28. The van der Waals surface area contributed by atoms with Crippen molar-refractivity contribution >= 4 is 33.9 Å². The van der Waals surface area contributed by atoms with Gasteiger partial charge in [0.25, 0.3) is 0 Å². The fourth-order valence-corrected chi connectivity index (χ4v) is 1.72. The predicted molar refractivity (Wildman–Crippen MR) is 74.6 cm³/mol. The fourth-order valence-electron chi connectivity index (χ4n) is 1.31. The molecule has 0 heterocycles. The molecule has 1 aromatic carbocycles. The minimum Gasteiger partial charge on any atom is -0.479 e. The molecule has 102 valence electrons. The van der Waals surface area contributed by atoms with Gasteiger partial charge in [0, 0.05) is 17.7 Å². The van der Waals surface area contributed by atoms with Crippen molar-refractivity contribution in [3.63, 3.8) is 0 Å². The van der Waals surface area contributed by atoms with Gasteiger partial charge in [0.05, 0.1) is 6.54 Å². The van der Waals surface area contributed by atoms with E-state index in [1.54, 1.807) is 6.08 Å². The van der Waals surface area contributed by atoms with Gasteiger partial charge in [0.1, 0.15) is 0 Å². The molecule has 2 N–H and O–H groups in total. The normalized spacial score (nSPS) is 12.3. The van der Waals surface area contributed by atoms with Crippen LogP contribution in [-0.4, -0.2) is 36.7 Å². The zero-order valence-electron chi connectivity index (χ0n) is 10.3. The second-order valence-corrected chi connectivity index (χ2v) is 4.61. The summed E-state index contributed by atoms with van der Waals surface area (Å²) in [6.45, 7) is -0.0759. The number of ether oxygens (including phenoxy) is 1. The molecule has 0 aliphatic carbocycles. The molecule has 1 unspecified atom stereocenters. The largest absolute Gasteiger partial charge is 0.479 e. The van der Waals surface area contributed by atoms with E-state index in [2.05, 4.69) is 21.2 Å². The van der Waals surface area contributed by atoms with Crippen LogP contribution in [0.4, 0.5) is 0 Å². The lowest BCUT2D eigenvalue weighted by atomic mass is 10.2. The number of halogens is 1. The van der Waals surface area contributed by atoms with E-state index >= 15 is 0 Å². The lowest BCUT2D eigenvalue weighted by Crippen LogP contribution is -2.37. The molecule has 0 bridgehead atoms. The second-order valence-electron chi connectivity index (χ2n) is 3.70. The van der Waals surface area contributed by atoms with E-state index in [9.17, 15) is 9.59 Å². The number of hydrogen-bond donors (Lipinski definition) is 2. The summed E-state index contributed by atoms with van der Waals surface area (Å²) in [5.41, 5.74) is 0.867. The number of carboxylic acid groups (broad SMARTS) is 1.